The molecule has 0 aromatic heterocycles. The SMILES string of the molecule is CC(=O)c1cc(Cl)cc2c1CCC2. The van der Waals surface area contributed by atoms with E-state index in [1.165, 1.54) is 11.1 Å². The lowest BCUT2D eigenvalue weighted by atomic mass is 10.0. The van der Waals surface area contributed by atoms with Gasteiger partial charge in [0.05, 0.1) is 0 Å². The molecule has 0 N–H and O–H groups in total. The van der Waals surface area contributed by atoms with E-state index >= 15 is 0 Å². The van der Waals surface area contributed by atoms with Crippen LogP contribution in [0, 0.1) is 0 Å². The number of ketones is 1. The summed E-state index contributed by atoms with van der Waals surface area (Å²) in [4.78, 5) is 11.3. The summed E-state index contributed by atoms with van der Waals surface area (Å²) < 4.78 is 0. The van der Waals surface area contributed by atoms with Crippen molar-refractivity contribution in [3.8, 4) is 0 Å². The zero-order valence-corrected chi connectivity index (χ0v) is 8.32. The first kappa shape index (κ1) is 8.76. The van der Waals surface area contributed by atoms with Crippen molar-refractivity contribution in [3.05, 3.63) is 33.8 Å². The third-order valence-electron chi connectivity index (χ3n) is 2.56. The van der Waals surface area contributed by atoms with Gasteiger partial charge < -0.3 is 0 Å². The van der Waals surface area contributed by atoms with Crippen LogP contribution in [0.25, 0.3) is 0 Å². The first-order valence-electron chi connectivity index (χ1n) is 4.50. The molecule has 0 unspecified atom stereocenters. The van der Waals surface area contributed by atoms with Gasteiger partial charge in [0, 0.05) is 10.6 Å². The summed E-state index contributed by atoms with van der Waals surface area (Å²) in [6.45, 7) is 1.60. The van der Waals surface area contributed by atoms with Crippen LogP contribution < -0.4 is 0 Å². The van der Waals surface area contributed by atoms with Crippen LogP contribution in [0.4, 0.5) is 0 Å². The predicted molar refractivity (Wildman–Crippen MR) is 53.5 cm³/mol. The lowest BCUT2D eigenvalue weighted by molar-refractivity contribution is 0.101. The van der Waals surface area contributed by atoms with Crippen molar-refractivity contribution in [2.45, 2.75) is 26.2 Å². The van der Waals surface area contributed by atoms with E-state index in [-0.39, 0.29) is 5.78 Å². The Morgan fingerprint density at radius 2 is 2.15 bits per heavy atom. The monoisotopic (exact) mass is 194 g/mol. The van der Waals surface area contributed by atoms with Crippen molar-refractivity contribution in [2.75, 3.05) is 0 Å². The maximum absolute atomic E-state index is 11.3. The molecule has 1 aliphatic rings. The maximum atomic E-state index is 11.3. The summed E-state index contributed by atoms with van der Waals surface area (Å²) in [5.41, 5.74) is 3.30. The highest BCUT2D eigenvalue weighted by Crippen LogP contribution is 2.29. The van der Waals surface area contributed by atoms with E-state index in [1.807, 2.05) is 6.07 Å². The van der Waals surface area contributed by atoms with Gasteiger partial charge in [-0.1, -0.05) is 11.6 Å². The number of Topliss-reactive ketones (excluding diaryl/α,β-unsaturated/α-hetero) is 1. The Kier molecular flexibility index (Phi) is 2.12. The Hall–Kier alpha value is -0.820. The third-order valence-corrected chi connectivity index (χ3v) is 2.78. The zero-order chi connectivity index (χ0) is 9.42. The van der Waals surface area contributed by atoms with Crippen LogP contribution in [0.1, 0.15) is 34.8 Å². The summed E-state index contributed by atoms with van der Waals surface area (Å²) in [7, 11) is 0. The number of benzene rings is 1. The molecule has 0 spiro atoms. The number of halogens is 1. The topological polar surface area (TPSA) is 17.1 Å². The highest BCUT2D eigenvalue weighted by Gasteiger charge is 2.17. The summed E-state index contributed by atoms with van der Waals surface area (Å²) in [5.74, 6) is 0.126. The Bertz CT molecular complexity index is 369. The molecule has 0 amide bonds. The van der Waals surface area contributed by atoms with Gasteiger partial charge in [0.15, 0.2) is 5.78 Å². The van der Waals surface area contributed by atoms with Crippen LogP contribution in [0.15, 0.2) is 12.1 Å². The average molecular weight is 195 g/mol. The molecule has 13 heavy (non-hydrogen) atoms. The lowest BCUT2D eigenvalue weighted by Gasteiger charge is -2.05. The predicted octanol–water partition coefficient (Wildman–Crippen LogP) is 3.03. The van der Waals surface area contributed by atoms with Crippen molar-refractivity contribution in [1.82, 2.24) is 0 Å². The fraction of sp³-hybridized carbons (Fsp3) is 0.364. The zero-order valence-electron chi connectivity index (χ0n) is 7.56. The molecule has 0 heterocycles. The molecular weight excluding hydrogens is 184 g/mol. The van der Waals surface area contributed by atoms with Crippen molar-refractivity contribution in [2.24, 2.45) is 0 Å². The molecule has 2 rings (SSSR count). The van der Waals surface area contributed by atoms with Gasteiger partial charge in [-0.25, -0.2) is 0 Å². The van der Waals surface area contributed by atoms with Gasteiger partial charge in [-0.2, -0.15) is 0 Å². The minimum atomic E-state index is 0.126. The number of rotatable bonds is 1. The fourth-order valence-electron chi connectivity index (χ4n) is 1.98. The van der Waals surface area contributed by atoms with E-state index in [2.05, 4.69) is 0 Å². The Morgan fingerprint density at radius 3 is 2.85 bits per heavy atom. The molecule has 0 aliphatic heterocycles. The van der Waals surface area contributed by atoms with Gasteiger partial charge in [0.1, 0.15) is 0 Å². The molecule has 0 fully saturated rings. The molecule has 0 atom stereocenters. The van der Waals surface area contributed by atoms with Crippen LogP contribution in [0.3, 0.4) is 0 Å². The van der Waals surface area contributed by atoms with Crippen LogP contribution in [-0.4, -0.2) is 5.78 Å². The molecule has 0 radical (unpaired) electrons. The van der Waals surface area contributed by atoms with E-state index in [0.29, 0.717) is 5.02 Å². The molecular formula is C11H11ClO. The molecule has 2 heteroatoms. The summed E-state index contributed by atoms with van der Waals surface area (Å²) in [6, 6.07) is 3.77. The second-order valence-electron chi connectivity index (χ2n) is 3.50. The summed E-state index contributed by atoms with van der Waals surface area (Å²) in [5, 5.41) is 0.686. The molecule has 68 valence electrons. The molecule has 1 aliphatic carbocycles. The van der Waals surface area contributed by atoms with E-state index in [4.69, 9.17) is 11.6 Å². The van der Waals surface area contributed by atoms with Gasteiger partial charge in [-0.15, -0.1) is 0 Å². The Morgan fingerprint density at radius 1 is 1.38 bits per heavy atom. The van der Waals surface area contributed by atoms with Crippen molar-refractivity contribution in [1.29, 1.82) is 0 Å². The number of hydrogen-bond donors (Lipinski definition) is 0. The first-order chi connectivity index (χ1) is 6.18. The van der Waals surface area contributed by atoms with Crippen molar-refractivity contribution in [3.63, 3.8) is 0 Å². The minimum Gasteiger partial charge on any atom is -0.294 e. The van der Waals surface area contributed by atoms with E-state index in [9.17, 15) is 4.79 Å². The number of aryl methyl sites for hydroxylation is 1. The quantitative estimate of drug-likeness (QED) is 0.628. The van der Waals surface area contributed by atoms with Gasteiger partial charge in [0.2, 0.25) is 0 Å². The van der Waals surface area contributed by atoms with E-state index in [0.717, 1.165) is 24.8 Å². The molecule has 1 aromatic rings. The molecule has 0 bridgehead atoms. The van der Waals surface area contributed by atoms with Gasteiger partial charge >= 0.3 is 0 Å². The lowest BCUT2D eigenvalue weighted by Crippen LogP contribution is -1.98. The van der Waals surface area contributed by atoms with Gasteiger partial charge in [-0.3, -0.25) is 4.79 Å². The van der Waals surface area contributed by atoms with E-state index in [1.54, 1.807) is 13.0 Å². The highest BCUT2D eigenvalue weighted by atomic mass is 35.5. The van der Waals surface area contributed by atoms with Gasteiger partial charge in [-0.05, 0) is 49.4 Å². The standard InChI is InChI=1S/C11H11ClO/c1-7(13)11-6-9(12)5-8-3-2-4-10(8)11/h5-6H,2-4H2,1H3. The van der Waals surface area contributed by atoms with Gasteiger partial charge in [0.25, 0.3) is 0 Å². The second kappa shape index (κ2) is 3.15. The third kappa shape index (κ3) is 1.49. The normalized spacial score (nSPS) is 14.3. The molecule has 0 saturated heterocycles. The first-order valence-corrected chi connectivity index (χ1v) is 4.88. The number of fused-ring (bicyclic) bond motifs is 1. The Labute approximate surface area is 82.7 Å². The second-order valence-corrected chi connectivity index (χ2v) is 3.94. The minimum absolute atomic E-state index is 0.126. The number of carbonyl (C=O) groups excluding carboxylic acids is 1. The Balaban J connectivity index is 2.62. The van der Waals surface area contributed by atoms with Crippen LogP contribution in [-0.2, 0) is 12.8 Å². The van der Waals surface area contributed by atoms with Crippen molar-refractivity contribution < 1.29 is 4.79 Å². The number of hydrogen-bond acceptors (Lipinski definition) is 1. The van der Waals surface area contributed by atoms with E-state index < -0.39 is 0 Å². The summed E-state index contributed by atoms with van der Waals surface area (Å²) >= 11 is 5.92. The smallest absolute Gasteiger partial charge is 0.160 e. The largest absolute Gasteiger partial charge is 0.294 e. The van der Waals surface area contributed by atoms with Crippen molar-refractivity contribution >= 4 is 17.4 Å². The molecule has 0 saturated carbocycles. The van der Waals surface area contributed by atoms with Crippen LogP contribution >= 0.6 is 11.6 Å². The fourth-order valence-corrected chi connectivity index (χ4v) is 2.22. The van der Waals surface area contributed by atoms with Crippen LogP contribution in [0.2, 0.25) is 5.02 Å². The highest BCUT2D eigenvalue weighted by molar-refractivity contribution is 6.31. The molecule has 1 nitrogen and oxygen atoms in total. The summed E-state index contributed by atoms with van der Waals surface area (Å²) in [6.07, 6.45) is 3.24. The number of carbonyl (C=O) groups is 1. The van der Waals surface area contributed by atoms with Crippen LogP contribution in [0.5, 0.6) is 0 Å². The maximum Gasteiger partial charge on any atom is 0.160 e. The average Bonchev–Trinajstić information content (AvgIpc) is 2.49. The molecule has 1 aromatic carbocycles.